The van der Waals surface area contributed by atoms with Crippen LogP contribution in [-0.4, -0.2) is 62.7 Å². The van der Waals surface area contributed by atoms with Crippen LogP contribution in [0.3, 0.4) is 0 Å². The molecule has 4 saturated carbocycles. The zero-order valence-electron chi connectivity index (χ0n) is 22.1. The molecule has 8 heteroatoms. The van der Waals surface area contributed by atoms with E-state index in [9.17, 15) is 24.9 Å². The normalized spacial score (nSPS) is 47.2. The summed E-state index contributed by atoms with van der Waals surface area (Å²) >= 11 is 0. The molecule has 0 unspecified atom stereocenters. The highest BCUT2D eigenvalue weighted by molar-refractivity contribution is 5.75. The number of rotatable bonds is 2. The van der Waals surface area contributed by atoms with Crippen molar-refractivity contribution in [1.82, 2.24) is 10.2 Å². The summed E-state index contributed by atoms with van der Waals surface area (Å²) in [5, 5.41) is 37.4. The minimum atomic E-state index is -0.875. The Morgan fingerprint density at radius 2 is 1.76 bits per heavy atom. The van der Waals surface area contributed by atoms with Crippen molar-refractivity contribution >= 4 is 6.03 Å². The number of aliphatic hydroxyl groups excluding tert-OH is 1. The maximum Gasteiger partial charge on any atom is 0.335 e. The molecule has 4 N–H and O–H groups in total. The van der Waals surface area contributed by atoms with Crippen molar-refractivity contribution in [3.05, 3.63) is 34.4 Å². The first-order valence-electron chi connectivity index (χ1n) is 14.3. The fraction of sp³-hybridized carbons (Fsp3) is 0.793. The van der Waals surface area contributed by atoms with Crippen LogP contribution in [0.4, 0.5) is 4.79 Å². The monoisotopic (exact) mass is 514 g/mol. The van der Waals surface area contributed by atoms with Gasteiger partial charge in [-0.05, 0) is 99.0 Å². The van der Waals surface area contributed by atoms with Crippen LogP contribution in [0.2, 0.25) is 0 Å². The van der Waals surface area contributed by atoms with E-state index in [1.54, 1.807) is 11.2 Å². The van der Waals surface area contributed by atoms with Gasteiger partial charge in [-0.25, -0.2) is 9.59 Å². The van der Waals surface area contributed by atoms with Crippen LogP contribution in [0.25, 0.3) is 0 Å². The summed E-state index contributed by atoms with van der Waals surface area (Å²) in [5.74, 6) is 0.489. The number of carbonyl (C=O) groups is 1. The fourth-order valence-corrected chi connectivity index (χ4v) is 9.64. The van der Waals surface area contributed by atoms with Crippen molar-refractivity contribution in [2.45, 2.75) is 107 Å². The van der Waals surface area contributed by atoms with Crippen LogP contribution in [0, 0.1) is 22.7 Å². The van der Waals surface area contributed by atoms with E-state index in [1.165, 1.54) is 6.07 Å². The molecule has 5 aliphatic rings. The SMILES string of the molecule is C[C@]12CC[C@H](NC(=O)N3CC[C@@H](O)C3)C[C@@]1(O)CC[C@@H]1[C@@H]2CC[C@]2(C)[C@@H](c3ccc(=O)oc3)CC[C@]12O. The standard InChI is InChI=1S/C29H42N2O6/c1-26-10-5-19(30-25(34)31-14-9-20(32)16-31)15-28(26,35)12-7-23-22(26)6-11-27(2)21(8-13-29(23,27)36)18-3-4-24(33)37-17-18/h3-4,17,19-23,32,35-36H,5-16H2,1-2H3,(H,30,34)/t19-,20+,21+,22-,23+,26+,27+,28-,29-/m0/s1. The van der Waals surface area contributed by atoms with E-state index in [0.717, 1.165) is 50.5 Å². The minimum Gasteiger partial charge on any atom is -0.431 e. The smallest absolute Gasteiger partial charge is 0.335 e. The number of urea groups is 1. The van der Waals surface area contributed by atoms with Gasteiger partial charge in [0, 0.05) is 30.6 Å². The molecule has 1 aliphatic heterocycles. The molecule has 37 heavy (non-hydrogen) atoms. The molecule has 5 fully saturated rings. The van der Waals surface area contributed by atoms with Crippen molar-refractivity contribution < 1.29 is 24.5 Å². The van der Waals surface area contributed by atoms with E-state index in [1.807, 2.05) is 6.07 Å². The number of nitrogens with one attached hydrogen (secondary N) is 1. The second kappa shape index (κ2) is 8.55. The van der Waals surface area contributed by atoms with Crippen LogP contribution >= 0.6 is 0 Å². The molecule has 8 nitrogen and oxygen atoms in total. The number of carbonyl (C=O) groups excluding carboxylic acids is 1. The Morgan fingerprint density at radius 1 is 1.00 bits per heavy atom. The Kier molecular flexibility index (Phi) is 5.87. The van der Waals surface area contributed by atoms with Gasteiger partial charge in [0.15, 0.2) is 0 Å². The molecule has 1 aromatic rings. The summed E-state index contributed by atoms with van der Waals surface area (Å²) in [6, 6.07) is 3.12. The molecule has 1 aromatic heterocycles. The van der Waals surface area contributed by atoms with Crippen molar-refractivity contribution in [2.24, 2.45) is 22.7 Å². The van der Waals surface area contributed by atoms with Crippen LogP contribution in [0.15, 0.2) is 27.6 Å². The highest BCUT2D eigenvalue weighted by atomic mass is 16.4. The average Bonchev–Trinajstić information content (AvgIpc) is 3.41. The van der Waals surface area contributed by atoms with E-state index >= 15 is 0 Å². The van der Waals surface area contributed by atoms with Crippen molar-refractivity contribution in [3.63, 3.8) is 0 Å². The maximum absolute atomic E-state index is 12.8. The first-order valence-corrected chi connectivity index (χ1v) is 14.3. The third-order valence-corrected chi connectivity index (χ3v) is 11.9. The number of hydrogen-bond donors (Lipinski definition) is 4. The summed E-state index contributed by atoms with van der Waals surface area (Å²) in [4.78, 5) is 26.0. The van der Waals surface area contributed by atoms with Gasteiger partial charge in [0.2, 0.25) is 0 Å². The molecule has 9 atom stereocenters. The van der Waals surface area contributed by atoms with Gasteiger partial charge in [0.05, 0.1) is 23.6 Å². The largest absolute Gasteiger partial charge is 0.431 e. The Bertz CT molecular complexity index is 1100. The van der Waals surface area contributed by atoms with Gasteiger partial charge >= 0.3 is 11.7 Å². The lowest BCUT2D eigenvalue weighted by Gasteiger charge is -2.66. The van der Waals surface area contributed by atoms with E-state index < -0.39 is 17.3 Å². The fourth-order valence-electron chi connectivity index (χ4n) is 9.64. The molecule has 2 amide bonds. The van der Waals surface area contributed by atoms with Crippen molar-refractivity contribution in [3.8, 4) is 0 Å². The Labute approximate surface area is 218 Å². The van der Waals surface area contributed by atoms with Gasteiger partial charge in [-0.3, -0.25) is 0 Å². The molecule has 6 rings (SSSR count). The zero-order valence-corrected chi connectivity index (χ0v) is 22.1. The number of hydrogen-bond acceptors (Lipinski definition) is 6. The second-order valence-electron chi connectivity index (χ2n) is 13.3. The molecule has 204 valence electrons. The molecular formula is C29H42N2O6. The summed E-state index contributed by atoms with van der Waals surface area (Å²) in [5.41, 5.74) is -1.66. The summed E-state index contributed by atoms with van der Waals surface area (Å²) in [7, 11) is 0. The first-order chi connectivity index (χ1) is 17.5. The number of amides is 2. The lowest BCUT2D eigenvalue weighted by Crippen LogP contribution is -2.68. The van der Waals surface area contributed by atoms with Crippen LogP contribution in [0.1, 0.15) is 89.5 Å². The molecular weight excluding hydrogens is 472 g/mol. The predicted molar refractivity (Wildman–Crippen MR) is 137 cm³/mol. The highest BCUT2D eigenvalue weighted by Crippen LogP contribution is 2.71. The summed E-state index contributed by atoms with van der Waals surface area (Å²) in [6.07, 6.45) is 8.74. The Hall–Kier alpha value is -1.90. The van der Waals surface area contributed by atoms with Crippen LogP contribution < -0.4 is 10.9 Å². The summed E-state index contributed by atoms with van der Waals surface area (Å²) in [6.45, 7) is 5.39. The predicted octanol–water partition coefficient (Wildman–Crippen LogP) is 3.14. The number of fused-ring (bicyclic) bond motifs is 5. The van der Waals surface area contributed by atoms with Crippen molar-refractivity contribution in [2.75, 3.05) is 13.1 Å². The number of nitrogens with zero attached hydrogens (tertiary/aromatic N) is 1. The number of aliphatic hydroxyl groups is 3. The molecule has 0 spiro atoms. The molecule has 0 bridgehead atoms. The molecule has 1 saturated heterocycles. The molecule has 2 heterocycles. The highest BCUT2D eigenvalue weighted by Gasteiger charge is 2.70. The summed E-state index contributed by atoms with van der Waals surface area (Å²) < 4.78 is 5.19. The average molecular weight is 515 g/mol. The molecule has 0 aromatic carbocycles. The molecule has 0 radical (unpaired) electrons. The lowest BCUT2D eigenvalue weighted by atomic mass is 9.42. The van der Waals surface area contributed by atoms with E-state index in [0.29, 0.717) is 32.4 Å². The first kappa shape index (κ1) is 25.4. The number of likely N-dealkylation sites (tertiary alicyclic amines) is 1. The van der Waals surface area contributed by atoms with Gasteiger partial charge in [-0.2, -0.15) is 0 Å². The minimum absolute atomic E-state index is 0.0830. The van der Waals surface area contributed by atoms with Gasteiger partial charge < -0.3 is 30.0 Å². The number of β-amino-alcohol motifs (C(OH)–C–C–N with tert-alkyl or cyclic N) is 1. The Balaban J connectivity index is 1.20. The van der Waals surface area contributed by atoms with E-state index in [4.69, 9.17) is 4.42 Å². The quantitative estimate of drug-likeness (QED) is 0.481. The topological polar surface area (TPSA) is 123 Å². The van der Waals surface area contributed by atoms with Gasteiger partial charge in [-0.15, -0.1) is 0 Å². The third kappa shape index (κ3) is 3.65. The zero-order chi connectivity index (χ0) is 26.2. The van der Waals surface area contributed by atoms with Gasteiger partial charge in [0.25, 0.3) is 0 Å². The van der Waals surface area contributed by atoms with E-state index in [-0.39, 0.29) is 46.3 Å². The lowest BCUT2D eigenvalue weighted by molar-refractivity contribution is -0.247. The van der Waals surface area contributed by atoms with Crippen LogP contribution in [0.5, 0.6) is 0 Å². The van der Waals surface area contributed by atoms with Gasteiger partial charge in [-0.1, -0.05) is 13.8 Å². The van der Waals surface area contributed by atoms with Crippen molar-refractivity contribution in [1.29, 1.82) is 0 Å². The second-order valence-corrected chi connectivity index (χ2v) is 13.3. The van der Waals surface area contributed by atoms with Crippen LogP contribution in [-0.2, 0) is 0 Å². The molecule has 4 aliphatic carbocycles. The maximum atomic E-state index is 12.8. The Morgan fingerprint density at radius 3 is 2.46 bits per heavy atom. The van der Waals surface area contributed by atoms with Gasteiger partial charge in [0.1, 0.15) is 0 Å². The van der Waals surface area contributed by atoms with E-state index in [2.05, 4.69) is 19.2 Å². The third-order valence-electron chi connectivity index (χ3n) is 11.9.